The van der Waals surface area contributed by atoms with E-state index in [1.165, 1.54) is 5.56 Å². The lowest BCUT2D eigenvalue weighted by Gasteiger charge is -2.17. The van der Waals surface area contributed by atoms with Crippen molar-refractivity contribution in [3.63, 3.8) is 0 Å². The Hall–Kier alpha value is -2.66. The highest BCUT2D eigenvalue weighted by Gasteiger charge is 2.07. The first-order valence-electron chi connectivity index (χ1n) is 7.64. The molecular formula is C18H18ClN5. The van der Waals surface area contributed by atoms with E-state index in [9.17, 15) is 0 Å². The van der Waals surface area contributed by atoms with Crippen LogP contribution in [0.2, 0.25) is 5.02 Å². The van der Waals surface area contributed by atoms with Gasteiger partial charge in [0.05, 0.1) is 6.20 Å². The van der Waals surface area contributed by atoms with Crippen LogP contribution < -0.4 is 10.2 Å². The van der Waals surface area contributed by atoms with Gasteiger partial charge in [0.1, 0.15) is 0 Å². The van der Waals surface area contributed by atoms with Crippen molar-refractivity contribution in [2.45, 2.75) is 13.1 Å². The summed E-state index contributed by atoms with van der Waals surface area (Å²) in [5, 5.41) is 12.1. The second kappa shape index (κ2) is 7.75. The predicted octanol–water partition coefficient (Wildman–Crippen LogP) is 3.77. The molecule has 0 fully saturated rings. The molecule has 0 radical (unpaired) electrons. The van der Waals surface area contributed by atoms with Gasteiger partial charge in [-0.15, -0.1) is 5.10 Å². The molecule has 0 spiro atoms. The van der Waals surface area contributed by atoms with Crippen molar-refractivity contribution in [3.8, 4) is 0 Å². The summed E-state index contributed by atoms with van der Waals surface area (Å²) in [6, 6.07) is 17.9. The van der Waals surface area contributed by atoms with Gasteiger partial charge in [0, 0.05) is 25.2 Å². The molecule has 122 valence electrons. The largest absolute Gasteiger partial charge is 0.365 e. The molecule has 3 rings (SSSR count). The Labute approximate surface area is 146 Å². The summed E-state index contributed by atoms with van der Waals surface area (Å²) in [7, 11) is 1.95. The fourth-order valence-electron chi connectivity index (χ4n) is 2.26. The number of anilines is 2. The summed E-state index contributed by atoms with van der Waals surface area (Å²) < 4.78 is 0. The van der Waals surface area contributed by atoms with Crippen LogP contribution in [0.4, 0.5) is 11.8 Å². The van der Waals surface area contributed by atoms with E-state index in [2.05, 4.69) is 32.6 Å². The molecule has 0 amide bonds. The van der Waals surface area contributed by atoms with Gasteiger partial charge in [0.2, 0.25) is 5.95 Å². The van der Waals surface area contributed by atoms with E-state index in [0.29, 0.717) is 18.3 Å². The summed E-state index contributed by atoms with van der Waals surface area (Å²) in [5.41, 5.74) is 2.32. The van der Waals surface area contributed by atoms with Crippen molar-refractivity contribution in [1.82, 2.24) is 15.2 Å². The van der Waals surface area contributed by atoms with Crippen LogP contribution in [0, 0.1) is 0 Å². The van der Waals surface area contributed by atoms with Crippen molar-refractivity contribution >= 4 is 23.4 Å². The molecule has 6 heteroatoms. The molecule has 2 aromatic carbocycles. The highest BCUT2D eigenvalue weighted by Crippen LogP contribution is 2.13. The van der Waals surface area contributed by atoms with Gasteiger partial charge in [0.15, 0.2) is 5.82 Å². The van der Waals surface area contributed by atoms with E-state index in [-0.39, 0.29) is 0 Å². The lowest BCUT2D eigenvalue weighted by atomic mass is 10.2. The fraction of sp³-hybridized carbons (Fsp3) is 0.167. The molecule has 0 bridgehead atoms. The minimum atomic E-state index is 0.583. The van der Waals surface area contributed by atoms with Crippen molar-refractivity contribution in [3.05, 3.63) is 76.9 Å². The third-order valence-corrected chi connectivity index (χ3v) is 3.79. The van der Waals surface area contributed by atoms with E-state index in [4.69, 9.17) is 11.6 Å². The Bertz CT molecular complexity index is 777. The molecule has 0 saturated heterocycles. The number of halogens is 1. The summed E-state index contributed by atoms with van der Waals surface area (Å²) in [5.74, 6) is 1.27. The predicted molar refractivity (Wildman–Crippen MR) is 97.2 cm³/mol. The lowest BCUT2D eigenvalue weighted by molar-refractivity contribution is 0.828. The maximum atomic E-state index is 5.89. The van der Waals surface area contributed by atoms with E-state index in [1.807, 2.05) is 54.4 Å². The Morgan fingerprint density at radius 1 is 1.00 bits per heavy atom. The van der Waals surface area contributed by atoms with Gasteiger partial charge in [-0.05, 0) is 23.3 Å². The molecule has 0 aliphatic heterocycles. The number of nitrogens with one attached hydrogen (secondary N) is 1. The zero-order valence-electron chi connectivity index (χ0n) is 13.4. The standard InChI is InChI=1S/C18H18ClN5/c1-24(13-15-5-3-2-4-6-15)18-22-17(12-21-23-18)20-11-14-7-9-16(19)10-8-14/h2-10,12H,11,13H2,1H3,(H,20,22,23). The molecule has 0 saturated carbocycles. The SMILES string of the molecule is CN(Cc1ccccc1)c1nncc(NCc2ccc(Cl)cc2)n1. The minimum absolute atomic E-state index is 0.583. The number of benzene rings is 2. The van der Waals surface area contributed by atoms with Crippen LogP contribution in [-0.2, 0) is 13.1 Å². The smallest absolute Gasteiger partial charge is 0.247 e. The second-order valence-corrected chi connectivity index (χ2v) is 5.90. The number of aromatic nitrogens is 3. The third-order valence-electron chi connectivity index (χ3n) is 3.54. The van der Waals surface area contributed by atoms with Crippen LogP contribution in [-0.4, -0.2) is 22.2 Å². The van der Waals surface area contributed by atoms with Gasteiger partial charge >= 0.3 is 0 Å². The number of nitrogens with zero attached hydrogens (tertiary/aromatic N) is 4. The Morgan fingerprint density at radius 3 is 2.50 bits per heavy atom. The summed E-state index contributed by atoms with van der Waals surface area (Å²) in [6.07, 6.45) is 1.62. The molecule has 0 aliphatic carbocycles. The molecule has 1 aromatic heterocycles. The first-order valence-corrected chi connectivity index (χ1v) is 8.01. The topological polar surface area (TPSA) is 53.9 Å². The summed E-state index contributed by atoms with van der Waals surface area (Å²) >= 11 is 5.89. The molecule has 3 aromatic rings. The average Bonchev–Trinajstić information content (AvgIpc) is 2.62. The van der Waals surface area contributed by atoms with Crippen LogP contribution in [0.3, 0.4) is 0 Å². The first kappa shape index (κ1) is 16.2. The highest BCUT2D eigenvalue weighted by atomic mass is 35.5. The molecule has 24 heavy (non-hydrogen) atoms. The zero-order valence-corrected chi connectivity index (χ0v) is 14.1. The van der Waals surface area contributed by atoms with Gasteiger partial charge in [-0.2, -0.15) is 10.1 Å². The molecular weight excluding hydrogens is 322 g/mol. The van der Waals surface area contributed by atoms with Crippen LogP contribution >= 0.6 is 11.6 Å². The van der Waals surface area contributed by atoms with E-state index in [0.717, 1.165) is 17.1 Å². The Balaban J connectivity index is 1.64. The first-order chi connectivity index (χ1) is 11.7. The van der Waals surface area contributed by atoms with Gasteiger partial charge in [-0.3, -0.25) is 0 Å². The maximum absolute atomic E-state index is 5.89. The molecule has 0 atom stereocenters. The van der Waals surface area contributed by atoms with Crippen molar-refractivity contribution < 1.29 is 0 Å². The summed E-state index contributed by atoms with van der Waals surface area (Å²) in [6.45, 7) is 1.38. The zero-order chi connectivity index (χ0) is 16.8. The molecule has 0 unspecified atom stereocenters. The van der Waals surface area contributed by atoms with Gasteiger partial charge in [-0.25, -0.2) is 0 Å². The normalized spacial score (nSPS) is 10.4. The Kier molecular flexibility index (Phi) is 5.23. The average molecular weight is 340 g/mol. The molecule has 1 N–H and O–H groups in total. The van der Waals surface area contributed by atoms with E-state index >= 15 is 0 Å². The number of rotatable bonds is 6. The lowest BCUT2D eigenvalue weighted by Crippen LogP contribution is -2.20. The van der Waals surface area contributed by atoms with E-state index in [1.54, 1.807) is 6.20 Å². The molecule has 1 heterocycles. The quantitative estimate of drug-likeness (QED) is 0.740. The van der Waals surface area contributed by atoms with Crippen LogP contribution in [0.5, 0.6) is 0 Å². The van der Waals surface area contributed by atoms with E-state index < -0.39 is 0 Å². The van der Waals surface area contributed by atoms with Gasteiger partial charge in [0.25, 0.3) is 0 Å². The van der Waals surface area contributed by atoms with Crippen LogP contribution in [0.15, 0.2) is 60.8 Å². The Morgan fingerprint density at radius 2 is 1.75 bits per heavy atom. The fourth-order valence-corrected chi connectivity index (χ4v) is 2.39. The number of hydrogen-bond donors (Lipinski definition) is 1. The van der Waals surface area contributed by atoms with Crippen LogP contribution in [0.1, 0.15) is 11.1 Å². The van der Waals surface area contributed by atoms with Crippen molar-refractivity contribution in [2.75, 3.05) is 17.3 Å². The van der Waals surface area contributed by atoms with Crippen molar-refractivity contribution in [1.29, 1.82) is 0 Å². The number of hydrogen-bond acceptors (Lipinski definition) is 5. The monoisotopic (exact) mass is 339 g/mol. The molecule has 5 nitrogen and oxygen atoms in total. The van der Waals surface area contributed by atoms with Crippen LogP contribution in [0.25, 0.3) is 0 Å². The third kappa shape index (κ3) is 4.43. The second-order valence-electron chi connectivity index (χ2n) is 5.46. The molecule has 0 aliphatic rings. The summed E-state index contributed by atoms with van der Waals surface area (Å²) in [4.78, 5) is 6.48. The van der Waals surface area contributed by atoms with Crippen molar-refractivity contribution in [2.24, 2.45) is 0 Å². The van der Waals surface area contributed by atoms with Gasteiger partial charge in [-0.1, -0.05) is 54.1 Å². The minimum Gasteiger partial charge on any atom is -0.365 e. The highest BCUT2D eigenvalue weighted by molar-refractivity contribution is 6.30. The van der Waals surface area contributed by atoms with Gasteiger partial charge < -0.3 is 10.2 Å². The maximum Gasteiger partial charge on any atom is 0.247 e.